The van der Waals surface area contributed by atoms with Crippen LogP contribution in [0.1, 0.15) is 52.9 Å². The number of aromatic nitrogens is 2. The maximum atomic E-state index is 7.45. The molecule has 0 unspecified atom stereocenters. The SMILES string of the molecule is CC(C)(C)N(C1CCCCC1)[n+]1cc(=N)o[n-]1. The normalized spacial score (nSPS) is 18.3. The first-order valence-electron chi connectivity index (χ1n) is 6.38. The highest BCUT2D eigenvalue weighted by Crippen LogP contribution is 2.24. The molecule has 0 atom stereocenters. The molecule has 1 N–H and O–H groups in total. The molecule has 5 heteroatoms. The van der Waals surface area contributed by atoms with Gasteiger partial charge in [-0.2, -0.15) is 0 Å². The highest BCUT2D eigenvalue weighted by Gasteiger charge is 2.30. The van der Waals surface area contributed by atoms with Gasteiger partial charge in [0.15, 0.2) is 0 Å². The van der Waals surface area contributed by atoms with Gasteiger partial charge in [0.05, 0.1) is 0 Å². The molecular formula is C12H22N4O. The first kappa shape index (κ1) is 12.2. The second-order valence-corrected chi connectivity index (χ2v) is 5.79. The van der Waals surface area contributed by atoms with E-state index in [1.807, 2.05) is 0 Å². The first-order chi connectivity index (χ1) is 7.98. The van der Waals surface area contributed by atoms with Gasteiger partial charge in [0.2, 0.25) is 0 Å². The van der Waals surface area contributed by atoms with Gasteiger partial charge in [-0.05, 0) is 18.1 Å². The lowest BCUT2D eigenvalue weighted by atomic mass is 9.92. The molecule has 1 aromatic rings. The van der Waals surface area contributed by atoms with Gasteiger partial charge in [0.25, 0.3) is 11.8 Å². The number of hydrogen-bond donors (Lipinski definition) is 1. The van der Waals surface area contributed by atoms with Crippen molar-refractivity contribution in [2.45, 2.75) is 64.5 Å². The van der Waals surface area contributed by atoms with E-state index in [1.54, 1.807) is 11.0 Å². The third-order valence-electron chi connectivity index (χ3n) is 3.28. The summed E-state index contributed by atoms with van der Waals surface area (Å²) in [7, 11) is 0. The van der Waals surface area contributed by atoms with E-state index < -0.39 is 0 Å². The monoisotopic (exact) mass is 238 g/mol. The third kappa shape index (κ3) is 2.70. The fourth-order valence-electron chi connectivity index (χ4n) is 2.69. The largest absolute Gasteiger partial charge is 0.380 e. The Morgan fingerprint density at radius 2 is 2.00 bits per heavy atom. The number of rotatable bonds is 2. The zero-order valence-corrected chi connectivity index (χ0v) is 10.9. The van der Waals surface area contributed by atoms with Gasteiger partial charge in [0, 0.05) is 11.6 Å². The topological polar surface area (TPSA) is 58.2 Å². The second-order valence-electron chi connectivity index (χ2n) is 5.79. The number of nitrogens with one attached hydrogen (secondary N) is 1. The average Bonchev–Trinajstić information content (AvgIpc) is 2.64. The minimum absolute atomic E-state index is 0.0179. The van der Waals surface area contributed by atoms with Crippen LogP contribution in [0.4, 0.5) is 0 Å². The van der Waals surface area contributed by atoms with Crippen LogP contribution in [0.15, 0.2) is 10.7 Å². The van der Waals surface area contributed by atoms with Gasteiger partial charge in [0.1, 0.15) is 0 Å². The Bertz CT molecular complexity index is 409. The molecule has 0 bridgehead atoms. The summed E-state index contributed by atoms with van der Waals surface area (Å²) in [6, 6.07) is 0.498. The lowest BCUT2D eigenvalue weighted by Crippen LogP contribution is -2.71. The molecule has 1 saturated carbocycles. The summed E-state index contributed by atoms with van der Waals surface area (Å²) in [6.45, 7) is 6.52. The highest BCUT2D eigenvalue weighted by atomic mass is 16.5. The van der Waals surface area contributed by atoms with Crippen LogP contribution in [0.2, 0.25) is 0 Å². The predicted molar refractivity (Wildman–Crippen MR) is 62.9 cm³/mol. The molecule has 0 amide bonds. The van der Waals surface area contributed by atoms with E-state index in [1.165, 1.54) is 32.1 Å². The van der Waals surface area contributed by atoms with Crippen molar-refractivity contribution < 1.29 is 9.31 Å². The lowest BCUT2D eigenvalue weighted by Gasteiger charge is -2.43. The Labute approximate surface area is 102 Å². The van der Waals surface area contributed by atoms with Crippen LogP contribution in [0, 0.1) is 5.41 Å². The van der Waals surface area contributed by atoms with E-state index in [2.05, 4.69) is 31.1 Å². The summed E-state index contributed by atoms with van der Waals surface area (Å²) in [5.41, 5.74) is 0.0887. The Kier molecular flexibility index (Phi) is 3.26. The standard InChI is InChI=1S/C12H22N4O/c1-12(2,3)16(10-7-5-4-6-8-10)15-9-11(13)17-14-15/h9-10,13H,4-8H2,1-3H3. The molecule has 0 aromatic carbocycles. The summed E-state index contributed by atoms with van der Waals surface area (Å²) in [4.78, 5) is 1.71. The molecule has 1 fully saturated rings. The minimum atomic E-state index is -0.0179. The number of hydrogen-bond acceptors (Lipinski definition) is 3. The maximum absolute atomic E-state index is 7.45. The van der Waals surface area contributed by atoms with Gasteiger partial charge in [-0.1, -0.05) is 44.8 Å². The molecule has 0 saturated heterocycles. The van der Waals surface area contributed by atoms with Gasteiger partial charge < -0.3 is 4.52 Å². The predicted octanol–water partition coefficient (Wildman–Crippen LogP) is 1.07. The van der Waals surface area contributed by atoms with E-state index in [-0.39, 0.29) is 11.1 Å². The molecule has 2 rings (SSSR count). The smallest absolute Gasteiger partial charge is 0.286 e. The number of nitrogens with zero attached hydrogens (tertiary/aromatic N) is 3. The van der Waals surface area contributed by atoms with Gasteiger partial charge in [-0.15, -0.1) is 0 Å². The van der Waals surface area contributed by atoms with Gasteiger partial charge in [-0.3, -0.25) is 10.4 Å². The van der Waals surface area contributed by atoms with E-state index >= 15 is 0 Å². The summed E-state index contributed by atoms with van der Waals surface area (Å²) in [5, 5.41) is 13.6. The van der Waals surface area contributed by atoms with Gasteiger partial charge in [-0.25, -0.2) is 0 Å². The third-order valence-corrected chi connectivity index (χ3v) is 3.28. The van der Waals surface area contributed by atoms with Crippen molar-refractivity contribution in [2.75, 3.05) is 5.01 Å². The van der Waals surface area contributed by atoms with E-state index in [0.717, 1.165) is 0 Å². The van der Waals surface area contributed by atoms with Crippen molar-refractivity contribution in [2.24, 2.45) is 0 Å². The Morgan fingerprint density at radius 3 is 2.47 bits per heavy atom. The molecule has 1 aliphatic rings. The lowest BCUT2D eigenvalue weighted by molar-refractivity contribution is -0.774. The van der Waals surface area contributed by atoms with Crippen molar-refractivity contribution in [1.29, 1.82) is 5.41 Å². The van der Waals surface area contributed by atoms with Crippen molar-refractivity contribution in [1.82, 2.24) is 5.27 Å². The minimum Gasteiger partial charge on any atom is -0.380 e. The van der Waals surface area contributed by atoms with Crippen LogP contribution in [0.3, 0.4) is 0 Å². The van der Waals surface area contributed by atoms with Crippen molar-refractivity contribution in [3.05, 3.63) is 11.8 Å². The van der Waals surface area contributed by atoms with Crippen LogP contribution in [-0.4, -0.2) is 11.6 Å². The fourth-order valence-corrected chi connectivity index (χ4v) is 2.69. The van der Waals surface area contributed by atoms with Crippen LogP contribution in [0.25, 0.3) is 0 Å². The first-order valence-corrected chi connectivity index (χ1v) is 6.38. The molecule has 0 spiro atoms. The quantitative estimate of drug-likeness (QED) is 0.784. The summed E-state index contributed by atoms with van der Waals surface area (Å²) >= 11 is 0. The second kappa shape index (κ2) is 4.55. The Morgan fingerprint density at radius 1 is 1.35 bits per heavy atom. The van der Waals surface area contributed by atoms with Crippen molar-refractivity contribution in [3.8, 4) is 0 Å². The molecule has 1 heterocycles. The zero-order chi connectivity index (χ0) is 12.5. The summed E-state index contributed by atoms with van der Waals surface area (Å²) in [5.74, 6) is 0. The van der Waals surface area contributed by atoms with Gasteiger partial charge >= 0.3 is 0 Å². The van der Waals surface area contributed by atoms with Crippen LogP contribution in [-0.2, 0) is 0 Å². The maximum Gasteiger partial charge on any atom is 0.286 e. The zero-order valence-electron chi connectivity index (χ0n) is 10.9. The average molecular weight is 238 g/mol. The Balaban J connectivity index is 2.27. The molecule has 1 aromatic heterocycles. The summed E-state index contributed by atoms with van der Waals surface area (Å²) < 4.78 is 4.87. The van der Waals surface area contributed by atoms with Crippen molar-refractivity contribution >= 4 is 0 Å². The van der Waals surface area contributed by atoms with Crippen LogP contribution in [0.5, 0.6) is 0 Å². The molecule has 5 nitrogen and oxygen atoms in total. The molecule has 0 aliphatic heterocycles. The summed E-state index contributed by atoms with van der Waals surface area (Å²) in [6.07, 6.45) is 7.93. The molecule has 96 valence electrons. The van der Waals surface area contributed by atoms with E-state index in [0.29, 0.717) is 6.04 Å². The van der Waals surface area contributed by atoms with Crippen LogP contribution < -0.4 is 20.6 Å². The Hall–Kier alpha value is -1.26. The molecule has 1 aliphatic carbocycles. The highest BCUT2D eigenvalue weighted by molar-refractivity contribution is 4.96. The van der Waals surface area contributed by atoms with Crippen LogP contribution >= 0.6 is 0 Å². The molecule has 0 radical (unpaired) electrons. The fraction of sp³-hybridized carbons (Fsp3) is 0.833. The van der Waals surface area contributed by atoms with E-state index in [9.17, 15) is 0 Å². The molecular weight excluding hydrogens is 216 g/mol. The molecule has 17 heavy (non-hydrogen) atoms. The van der Waals surface area contributed by atoms with E-state index in [4.69, 9.17) is 9.93 Å². The van der Waals surface area contributed by atoms with Crippen molar-refractivity contribution in [3.63, 3.8) is 0 Å².